The molecule has 1 atom stereocenters. The van der Waals surface area contributed by atoms with Crippen LogP contribution in [0.1, 0.15) is 18.1 Å². The number of anilines is 1. The topological polar surface area (TPSA) is 101 Å². The molecule has 1 amide bonds. The molecule has 0 aromatic heterocycles. The first kappa shape index (κ1) is 20.8. The van der Waals surface area contributed by atoms with E-state index in [1.54, 1.807) is 0 Å². The Kier molecular flexibility index (Phi) is 5.11. The summed E-state index contributed by atoms with van der Waals surface area (Å²) in [7, 11) is -6.50. The van der Waals surface area contributed by atoms with E-state index >= 15 is 0 Å². The number of hydrogen-bond acceptors (Lipinski definition) is 6. The molecular weight excluding hydrogens is 428 g/mol. The monoisotopic (exact) mass is 450 g/mol. The lowest BCUT2D eigenvalue weighted by Gasteiger charge is -2.29. The molecule has 2 heterocycles. The Morgan fingerprint density at radius 3 is 2.43 bits per heavy atom. The van der Waals surface area contributed by atoms with Crippen molar-refractivity contribution in [3.8, 4) is 5.75 Å². The summed E-state index contributed by atoms with van der Waals surface area (Å²) < 4.78 is 59.1. The molecule has 1 saturated heterocycles. The highest BCUT2D eigenvalue weighted by Crippen LogP contribution is 2.36. The highest BCUT2D eigenvalue weighted by molar-refractivity contribution is 7.94. The molecule has 2 aromatic carbocycles. The molecule has 8 nitrogen and oxygen atoms in total. The van der Waals surface area contributed by atoms with Gasteiger partial charge in [-0.05, 0) is 35.7 Å². The minimum atomic E-state index is -3.99. The fraction of sp³-hybridized carbons (Fsp3) is 0.350. The molecule has 0 spiro atoms. The van der Waals surface area contributed by atoms with Crippen molar-refractivity contribution in [2.24, 2.45) is 5.92 Å². The summed E-state index contributed by atoms with van der Waals surface area (Å²) in [5.74, 6) is -1.47. The van der Waals surface area contributed by atoms with E-state index in [4.69, 9.17) is 4.74 Å². The van der Waals surface area contributed by atoms with Gasteiger partial charge >= 0.3 is 0 Å². The minimum Gasteiger partial charge on any atom is -0.495 e. The smallest absolute Gasteiger partial charge is 0.247 e. The van der Waals surface area contributed by atoms with Gasteiger partial charge in [-0.15, -0.1) is 0 Å². The number of methoxy groups -OCH3 is 1. The van der Waals surface area contributed by atoms with Gasteiger partial charge in [-0.25, -0.2) is 21.1 Å². The average Bonchev–Trinajstić information content (AvgIpc) is 2.93. The van der Waals surface area contributed by atoms with Crippen LogP contribution in [0, 0.1) is 5.92 Å². The molecule has 160 valence electrons. The Morgan fingerprint density at radius 2 is 1.80 bits per heavy atom. The van der Waals surface area contributed by atoms with Crippen LogP contribution < -0.4 is 9.04 Å². The molecule has 2 aromatic rings. The van der Waals surface area contributed by atoms with Gasteiger partial charge in [-0.2, -0.15) is 4.31 Å². The zero-order valence-electron chi connectivity index (χ0n) is 16.6. The highest BCUT2D eigenvalue weighted by Gasteiger charge is 2.43. The summed E-state index contributed by atoms with van der Waals surface area (Å²) in [5.41, 5.74) is 2.03. The van der Waals surface area contributed by atoms with Gasteiger partial charge in [0.1, 0.15) is 10.6 Å². The van der Waals surface area contributed by atoms with Gasteiger partial charge in [0, 0.05) is 13.1 Å². The van der Waals surface area contributed by atoms with Crippen LogP contribution in [0.2, 0.25) is 0 Å². The predicted molar refractivity (Wildman–Crippen MR) is 111 cm³/mol. The molecule has 30 heavy (non-hydrogen) atoms. The van der Waals surface area contributed by atoms with Gasteiger partial charge in [0.15, 0.2) is 0 Å². The van der Waals surface area contributed by atoms with Crippen LogP contribution >= 0.6 is 0 Å². The third-order valence-corrected chi connectivity index (χ3v) is 9.19. The van der Waals surface area contributed by atoms with E-state index in [2.05, 4.69) is 0 Å². The SMILES string of the molecule is COc1ccc(N2C(=O)[C@H](C)CS2(=O)=O)cc1S(=O)(=O)N1CCc2ccccc2C1. The Balaban J connectivity index is 1.77. The molecule has 0 radical (unpaired) electrons. The van der Waals surface area contributed by atoms with Crippen LogP contribution in [0.4, 0.5) is 5.69 Å². The van der Waals surface area contributed by atoms with E-state index in [0.29, 0.717) is 17.3 Å². The third-order valence-electron chi connectivity index (χ3n) is 5.46. The summed E-state index contributed by atoms with van der Waals surface area (Å²) >= 11 is 0. The van der Waals surface area contributed by atoms with Crippen LogP contribution in [-0.2, 0) is 37.8 Å². The van der Waals surface area contributed by atoms with E-state index in [0.717, 1.165) is 11.1 Å². The van der Waals surface area contributed by atoms with Crippen LogP contribution in [-0.4, -0.2) is 46.5 Å². The first-order valence-corrected chi connectivity index (χ1v) is 12.5. The van der Waals surface area contributed by atoms with Crippen LogP contribution in [0.25, 0.3) is 0 Å². The van der Waals surface area contributed by atoms with Crippen molar-refractivity contribution in [1.29, 1.82) is 0 Å². The van der Waals surface area contributed by atoms with E-state index < -0.39 is 31.9 Å². The molecule has 0 saturated carbocycles. The molecule has 0 unspecified atom stereocenters. The highest BCUT2D eigenvalue weighted by atomic mass is 32.2. The lowest BCUT2D eigenvalue weighted by atomic mass is 10.0. The van der Waals surface area contributed by atoms with Gasteiger partial charge in [0.2, 0.25) is 26.0 Å². The van der Waals surface area contributed by atoms with E-state index in [-0.39, 0.29) is 28.6 Å². The summed E-state index contributed by atoms with van der Waals surface area (Å²) in [6, 6.07) is 11.6. The number of ether oxygens (including phenoxy) is 1. The number of sulfonamides is 2. The van der Waals surface area contributed by atoms with Crippen molar-refractivity contribution in [1.82, 2.24) is 4.31 Å². The Bertz CT molecular complexity index is 1220. The van der Waals surface area contributed by atoms with E-state index in [1.807, 2.05) is 24.3 Å². The maximum Gasteiger partial charge on any atom is 0.247 e. The van der Waals surface area contributed by atoms with E-state index in [9.17, 15) is 21.6 Å². The number of hydrogen-bond donors (Lipinski definition) is 0. The molecule has 2 aliphatic rings. The molecule has 0 bridgehead atoms. The van der Waals surface area contributed by atoms with Gasteiger partial charge in [0.05, 0.1) is 24.5 Å². The van der Waals surface area contributed by atoms with Gasteiger partial charge in [-0.1, -0.05) is 31.2 Å². The van der Waals surface area contributed by atoms with Gasteiger partial charge < -0.3 is 4.74 Å². The summed E-state index contributed by atoms with van der Waals surface area (Å²) in [4.78, 5) is 12.3. The molecule has 2 aliphatic heterocycles. The number of carbonyl (C=O) groups is 1. The summed E-state index contributed by atoms with van der Waals surface area (Å²) in [6.45, 7) is 2.04. The van der Waals surface area contributed by atoms with Gasteiger partial charge in [-0.3, -0.25) is 4.79 Å². The molecule has 0 N–H and O–H groups in total. The minimum absolute atomic E-state index is 0.00105. The van der Waals surface area contributed by atoms with E-state index in [1.165, 1.54) is 36.5 Å². The predicted octanol–water partition coefficient (Wildman–Crippen LogP) is 1.75. The Hall–Kier alpha value is -2.43. The molecule has 0 aliphatic carbocycles. The largest absolute Gasteiger partial charge is 0.495 e. The second-order valence-corrected chi connectivity index (χ2v) is 11.2. The number of nitrogens with zero attached hydrogens (tertiary/aromatic N) is 2. The number of rotatable bonds is 4. The first-order chi connectivity index (χ1) is 14.1. The van der Waals surface area contributed by atoms with Crippen LogP contribution in [0.3, 0.4) is 0 Å². The fourth-order valence-corrected chi connectivity index (χ4v) is 7.30. The molecular formula is C20H22N2O6S2. The number of benzene rings is 2. The molecule has 10 heteroatoms. The Labute approximate surface area is 176 Å². The van der Waals surface area contributed by atoms with Crippen LogP contribution in [0.5, 0.6) is 5.75 Å². The lowest BCUT2D eigenvalue weighted by molar-refractivity contribution is -0.119. The van der Waals surface area contributed by atoms with Crippen molar-refractivity contribution < 1.29 is 26.4 Å². The number of carbonyl (C=O) groups excluding carboxylic acids is 1. The second kappa shape index (κ2) is 7.36. The summed E-state index contributed by atoms with van der Waals surface area (Å²) in [6.07, 6.45) is 0.577. The van der Waals surface area contributed by atoms with Crippen molar-refractivity contribution in [2.75, 3.05) is 23.7 Å². The second-order valence-electron chi connectivity index (χ2n) is 7.47. The van der Waals surface area contributed by atoms with Crippen molar-refractivity contribution in [3.05, 3.63) is 53.6 Å². The first-order valence-electron chi connectivity index (χ1n) is 9.47. The van der Waals surface area contributed by atoms with Crippen LogP contribution in [0.15, 0.2) is 47.4 Å². The zero-order valence-corrected chi connectivity index (χ0v) is 18.2. The fourth-order valence-electron chi connectivity index (χ4n) is 3.89. The standard InChI is InChI=1S/C20H22N2O6S2/c1-14-13-29(24,25)22(20(14)23)17-7-8-18(28-2)19(11-17)30(26,27)21-10-9-15-5-3-4-6-16(15)12-21/h3-8,11,14H,9-10,12-13H2,1-2H3/t14-/m1/s1. The van der Waals surface area contributed by atoms with Crippen molar-refractivity contribution >= 4 is 31.6 Å². The lowest BCUT2D eigenvalue weighted by Crippen LogP contribution is -2.36. The number of amides is 1. The van der Waals surface area contributed by atoms with Crippen molar-refractivity contribution in [2.45, 2.75) is 24.8 Å². The summed E-state index contributed by atoms with van der Waals surface area (Å²) in [5, 5.41) is 0. The van der Waals surface area contributed by atoms with Crippen molar-refractivity contribution in [3.63, 3.8) is 0 Å². The third kappa shape index (κ3) is 3.38. The molecule has 1 fully saturated rings. The maximum absolute atomic E-state index is 13.4. The quantitative estimate of drug-likeness (QED) is 0.704. The zero-order chi connectivity index (χ0) is 21.7. The molecule has 4 rings (SSSR count). The number of fused-ring (bicyclic) bond motifs is 1. The normalized spacial score (nSPS) is 21.5. The average molecular weight is 451 g/mol. The Morgan fingerprint density at radius 1 is 1.10 bits per heavy atom. The maximum atomic E-state index is 13.4. The van der Waals surface area contributed by atoms with Gasteiger partial charge in [0.25, 0.3) is 0 Å².